The fourth-order valence-corrected chi connectivity index (χ4v) is 7.47. The van der Waals surface area contributed by atoms with Crippen LogP contribution in [0, 0.1) is 32.6 Å². The summed E-state index contributed by atoms with van der Waals surface area (Å²) in [5.74, 6) is 7.26. The number of aryl methyl sites for hydroxylation is 2. The summed E-state index contributed by atoms with van der Waals surface area (Å²) in [6, 6.07) is 14.8. The average Bonchev–Trinajstić information content (AvgIpc) is 3.58. The second-order valence-corrected chi connectivity index (χ2v) is 14.3. The molecule has 262 valence electrons. The minimum Gasteiger partial charge on any atom is -0.356 e. The maximum absolute atomic E-state index is 13.2. The number of anilines is 1. The van der Waals surface area contributed by atoms with Crippen LogP contribution in [0.4, 0.5) is 5.69 Å². The lowest BCUT2D eigenvalue weighted by Gasteiger charge is -2.13. The molecule has 1 atom stereocenters. The maximum Gasteiger partial charge on any atom is 0.224 e. The van der Waals surface area contributed by atoms with Crippen molar-refractivity contribution in [1.29, 1.82) is 0 Å². The zero-order valence-electron chi connectivity index (χ0n) is 29.2. The molecule has 1 aliphatic heterocycles. The Labute approximate surface area is 304 Å². The molecule has 50 heavy (non-hydrogen) atoms. The number of amides is 2. The Morgan fingerprint density at radius 2 is 1.66 bits per heavy atom. The van der Waals surface area contributed by atoms with Gasteiger partial charge in [0.15, 0.2) is 5.82 Å². The molecule has 4 aromatic rings. The van der Waals surface area contributed by atoms with Gasteiger partial charge in [-0.15, -0.1) is 21.5 Å². The van der Waals surface area contributed by atoms with Gasteiger partial charge in [-0.1, -0.05) is 80.2 Å². The van der Waals surface area contributed by atoms with E-state index in [9.17, 15) is 9.59 Å². The number of hydrogen-bond acceptors (Lipinski definition) is 7. The molecule has 9 nitrogen and oxygen atoms in total. The lowest BCUT2D eigenvalue weighted by molar-refractivity contribution is -0.121. The number of hydrogen-bond donors (Lipinski definition) is 3. The first-order valence-electron chi connectivity index (χ1n) is 17.5. The molecule has 0 radical (unpaired) electrons. The number of nitrogens with zero attached hydrogens (tertiary/aromatic N) is 4. The maximum atomic E-state index is 13.2. The van der Waals surface area contributed by atoms with Crippen LogP contribution in [0.1, 0.15) is 109 Å². The predicted molar refractivity (Wildman–Crippen MR) is 203 cm³/mol. The van der Waals surface area contributed by atoms with Gasteiger partial charge in [-0.25, -0.2) is 0 Å². The third-order valence-corrected chi connectivity index (χ3v) is 10.3. The zero-order chi connectivity index (χ0) is 35.5. The Bertz CT molecular complexity index is 1880. The second-order valence-electron chi connectivity index (χ2n) is 12.7. The number of aliphatic imine (C=N–C) groups is 1. The molecule has 0 bridgehead atoms. The van der Waals surface area contributed by atoms with Gasteiger partial charge in [0.1, 0.15) is 16.9 Å². The van der Waals surface area contributed by atoms with E-state index in [0.29, 0.717) is 30.4 Å². The highest BCUT2D eigenvalue weighted by atomic mass is 35.5. The molecule has 0 saturated heterocycles. The third kappa shape index (κ3) is 9.69. The number of nitrogens with one attached hydrogen (secondary N) is 2. The monoisotopic (exact) mass is 711 g/mol. The molecule has 0 spiro atoms. The standard InChI is InChI=1S/C39H46ClN7O2S/c1-26-27(2)50-39-36(26)37(30-18-20-31(40)21-19-30)44-33(38-46-45-28(3)47(38)39)25-35(49)42-23-11-9-7-5-4-6-8-10-17-34(48)43-32-16-12-14-29(24-32)15-13-22-41/h12,14,16,18-21,24,33H,4-11,17,22-23,25,41H2,1-3H3,(H,42,49)(H,43,48). The number of unbranched alkanes of at least 4 members (excludes halogenated alkanes) is 7. The van der Waals surface area contributed by atoms with Crippen LogP contribution < -0.4 is 16.4 Å². The number of aromatic nitrogens is 3. The van der Waals surface area contributed by atoms with Gasteiger partial charge in [-0.3, -0.25) is 19.1 Å². The lowest BCUT2D eigenvalue weighted by atomic mass is 9.99. The third-order valence-electron chi connectivity index (χ3n) is 8.87. The van der Waals surface area contributed by atoms with Crippen LogP contribution in [0.15, 0.2) is 53.5 Å². The molecule has 2 aromatic heterocycles. The van der Waals surface area contributed by atoms with E-state index in [1.54, 1.807) is 11.3 Å². The number of fused-ring (bicyclic) bond motifs is 3. The number of benzene rings is 2. The Morgan fingerprint density at radius 1 is 0.940 bits per heavy atom. The molecule has 3 heterocycles. The van der Waals surface area contributed by atoms with Crippen molar-refractivity contribution in [3.05, 3.63) is 92.3 Å². The molecule has 1 unspecified atom stereocenters. The highest BCUT2D eigenvalue weighted by Crippen LogP contribution is 2.39. The van der Waals surface area contributed by atoms with E-state index in [0.717, 1.165) is 90.3 Å². The Kier molecular flexibility index (Phi) is 13.4. The number of thiophene rings is 1. The SMILES string of the molecule is Cc1sc2c(c1C)C(c1ccc(Cl)cc1)=NC(CC(=O)NCCCCCCCCCCC(=O)Nc1cccc(C#CCN)c1)c1nnc(C)n1-2. The number of carbonyl (C=O) groups excluding carboxylic acids is 2. The quantitative estimate of drug-likeness (QED) is 0.0858. The first-order valence-corrected chi connectivity index (χ1v) is 18.7. The van der Waals surface area contributed by atoms with Crippen molar-refractivity contribution in [2.24, 2.45) is 10.7 Å². The van der Waals surface area contributed by atoms with Crippen molar-refractivity contribution in [3.8, 4) is 16.8 Å². The second kappa shape index (κ2) is 18.1. The van der Waals surface area contributed by atoms with Gasteiger partial charge in [0.05, 0.1) is 18.7 Å². The topological polar surface area (TPSA) is 127 Å². The van der Waals surface area contributed by atoms with E-state index in [2.05, 4.69) is 51.1 Å². The van der Waals surface area contributed by atoms with E-state index in [1.165, 1.54) is 10.4 Å². The summed E-state index contributed by atoms with van der Waals surface area (Å²) >= 11 is 7.92. The van der Waals surface area contributed by atoms with Crippen molar-refractivity contribution < 1.29 is 9.59 Å². The summed E-state index contributed by atoms with van der Waals surface area (Å²) in [4.78, 5) is 31.9. The van der Waals surface area contributed by atoms with Gasteiger partial charge in [0.2, 0.25) is 11.8 Å². The highest BCUT2D eigenvalue weighted by molar-refractivity contribution is 7.15. The van der Waals surface area contributed by atoms with E-state index < -0.39 is 6.04 Å². The van der Waals surface area contributed by atoms with Crippen LogP contribution in [0.2, 0.25) is 5.02 Å². The first kappa shape index (κ1) is 37.0. The number of rotatable bonds is 15. The van der Waals surface area contributed by atoms with Crippen LogP contribution in [0.3, 0.4) is 0 Å². The van der Waals surface area contributed by atoms with Crippen LogP contribution in [0.25, 0.3) is 5.00 Å². The Morgan fingerprint density at radius 3 is 2.40 bits per heavy atom. The van der Waals surface area contributed by atoms with Gasteiger partial charge in [0, 0.05) is 45.2 Å². The predicted octanol–water partition coefficient (Wildman–Crippen LogP) is 7.77. The van der Waals surface area contributed by atoms with Gasteiger partial charge in [-0.05, 0) is 69.5 Å². The molecule has 4 N–H and O–H groups in total. The smallest absolute Gasteiger partial charge is 0.224 e. The van der Waals surface area contributed by atoms with Crippen LogP contribution >= 0.6 is 22.9 Å². The van der Waals surface area contributed by atoms with Gasteiger partial charge in [0.25, 0.3) is 0 Å². The summed E-state index contributed by atoms with van der Waals surface area (Å²) in [5.41, 5.74) is 11.1. The summed E-state index contributed by atoms with van der Waals surface area (Å²) in [7, 11) is 0. The summed E-state index contributed by atoms with van der Waals surface area (Å²) in [6.45, 7) is 7.12. The minimum atomic E-state index is -0.472. The van der Waals surface area contributed by atoms with Crippen LogP contribution in [0.5, 0.6) is 0 Å². The van der Waals surface area contributed by atoms with Crippen molar-refractivity contribution in [2.45, 2.75) is 91.0 Å². The molecule has 0 saturated carbocycles. The first-order chi connectivity index (χ1) is 24.2. The Hall–Kier alpha value is -4.30. The van der Waals surface area contributed by atoms with Crippen LogP contribution in [-0.2, 0) is 9.59 Å². The van der Waals surface area contributed by atoms with E-state index in [4.69, 9.17) is 22.3 Å². The molecule has 2 amide bonds. The number of carbonyl (C=O) groups is 2. The fourth-order valence-electron chi connectivity index (χ4n) is 6.13. The van der Waals surface area contributed by atoms with Crippen molar-refractivity contribution in [2.75, 3.05) is 18.4 Å². The number of nitrogens with two attached hydrogens (primary N) is 1. The molecule has 11 heteroatoms. The fraction of sp³-hybridized carbons (Fsp3) is 0.410. The van der Waals surface area contributed by atoms with Crippen molar-refractivity contribution in [3.63, 3.8) is 0 Å². The lowest BCUT2D eigenvalue weighted by Crippen LogP contribution is -2.26. The zero-order valence-corrected chi connectivity index (χ0v) is 30.7. The van der Waals surface area contributed by atoms with Crippen molar-refractivity contribution in [1.82, 2.24) is 20.1 Å². The molecular weight excluding hydrogens is 666 g/mol. The average molecular weight is 712 g/mol. The normalized spacial score (nSPS) is 13.4. The van der Waals surface area contributed by atoms with E-state index in [1.807, 2.05) is 55.5 Å². The molecule has 5 rings (SSSR count). The van der Waals surface area contributed by atoms with E-state index >= 15 is 0 Å². The number of halogens is 1. The van der Waals surface area contributed by atoms with Crippen LogP contribution in [-0.4, -0.2) is 45.4 Å². The molecule has 1 aliphatic rings. The summed E-state index contributed by atoms with van der Waals surface area (Å²) in [6.07, 6.45) is 9.15. The molecular formula is C39H46ClN7O2S. The van der Waals surface area contributed by atoms with Crippen molar-refractivity contribution >= 4 is 46.2 Å². The largest absolute Gasteiger partial charge is 0.356 e. The Balaban J connectivity index is 1.02. The molecule has 0 fully saturated rings. The highest BCUT2D eigenvalue weighted by Gasteiger charge is 2.32. The summed E-state index contributed by atoms with van der Waals surface area (Å²) in [5, 5.41) is 16.7. The minimum absolute atomic E-state index is 0.0301. The molecule has 0 aliphatic carbocycles. The molecule has 2 aromatic carbocycles. The summed E-state index contributed by atoms with van der Waals surface area (Å²) < 4.78 is 2.07. The van der Waals surface area contributed by atoms with Gasteiger partial charge >= 0.3 is 0 Å². The van der Waals surface area contributed by atoms with E-state index in [-0.39, 0.29) is 18.2 Å². The van der Waals surface area contributed by atoms with Gasteiger partial charge < -0.3 is 16.4 Å². The van der Waals surface area contributed by atoms with Gasteiger partial charge in [-0.2, -0.15) is 0 Å².